The van der Waals surface area contributed by atoms with Gasteiger partial charge in [0.15, 0.2) is 5.78 Å². The molecule has 0 heterocycles. The van der Waals surface area contributed by atoms with E-state index in [2.05, 4.69) is 5.32 Å². The van der Waals surface area contributed by atoms with E-state index in [1.807, 2.05) is 18.2 Å². The number of carbonyl (C=O) groups is 3. The lowest BCUT2D eigenvalue weighted by atomic mass is 9.99. The zero-order valence-electron chi connectivity index (χ0n) is 16.5. The van der Waals surface area contributed by atoms with Gasteiger partial charge in [-0.2, -0.15) is 0 Å². The minimum atomic E-state index is -0.893. The van der Waals surface area contributed by atoms with Gasteiger partial charge in [-0.25, -0.2) is 9.59 Å². The number of ketones is 1. The molecule has 6 heteroatoms. The Morgan fingerprint density at radius 3 is 2.04 bits per heavy atom. The zero-order chi connectivity index (χ0) is 20.7. The van der Waals surface area contributed by atoms with Crippen molar-refractivity contribution in [2.45, 2.75) is 38.8 Å². The maximum absolute atomic E-state index is 12.5. The smallest absolute Gasteiger partial charge is 0.408 e. The van der Waals surface area contributed by atoms with Crippen molar-refractivity contribution in [3.63, 3.8) is 0 Å². The number of methoxy groups -OCH3 is 1. The second-order valence-corrected chi connectivity index (χ2v) is 7.32. The third kappa shape index (κ3) is 6.23. The first kappa shape index (κ1) is 21.2. The van der Waals surface area contributed by atoms with Crippen LogP contribution in [0.2, 0.25) is 0 Å². The van der Waals surface area contributed by atoms with Crippen molar-refractivity contribution in [2.24, 2.45) is 0 Å². The maximum Gasteiger partial charge on any atom is 0.408 e. The molecule has 2 aromatic rings. The van der Waals surface area contributed by atoms with Gasteiger partial charge in [0.25, 0.3) is 0 Å². The van der Waals surface area contributed by atoms with Crippen LogP contribution >= 0.6 is 0 Å². The predicted octanol–water partition coefficient (Wildman–Crippen LogP) is 3.53. The summed E-state index contributed by atoms with van der Waals surface area (Å²) in [6, 6.07) is 15.0. The minimum Gasteiger partial charge on any atom is -0.467 e. The van der Waals surface area contributed by atoms with E-state index in [4.69, 9.17) is 9.47 Å². The van der Waals surface area contributed by atoms with Crippen LogP contribution in [0, 0.1) is 0 Å². The second-order valence-electron chi connectivity index (χ2n) is 7.32. The topological polar surface area (TPSA) is 81.7 Å². The van der Waals surface area contributed by atoms with Crippen molar-refractivity contribution in [2.75, 3.05) is 7.11 Å². The van der Waals surface area contributed by atoms with Crippen LogP contribution in [0.15, 0.2) is 54.6 Å². The van der Waals surface area contributed by atoms with Gasteiger partial charge in [-0.15, -0.1) is 0 Å². The van der Waals surface area contributed by atoms with Crippen molar-refractivity contribution in [1.29, 1.82) is 0 Å². The maximum atomic E-state index is 12.5. The third-order valence-electron chi connectivity index (χ3n) is 3.87. The molecule has 28 heavy (non-hydrogen) atoms. The van der Waals surface area contributed by atoms with E-state index in [-0.39, 0.29) is 12.2 Å². The van der Waals surface area contributed by atoms with E-state index in [9.17, 15) is 14.4 Å². The van der Waals surface area contributed by atoms with Crippen LogP contribution in [0.1, 0.15) is 42.3 Å². The van der Waals surface area contributed by atoms with E-state index in [0.29, 0.717) is 11.1 Å². The number of carbonyl (C=O) groups excluding carboxylic acids is 3. The summed E-state index contributed by atoms with van der Waals surface area (Å²) in [5.74, 6) is -0.654. The number of hydrogen-bond acceptors (Lipinski definition) is 5. The summed E-state index contributed by atoms with van der Waals surface area (Å²) < 4.78 is 9.97. The third-order valence-corrected chi connectivity index (χ3v) is 3.87. The largest absolute Gasteiger partial charge is 0.467 e. The monoisotopic (exact) mass is 383 g/mol. The summed E-state index contributed by atoms with van der Waals surface area (Å²) in [5, 5.41) is 2.53. The van der Waals surface area contributed by atoms with Crippen LogP contribution in [0.4, 0.5) is 4.79 Å². The number of hydrogen-bond donors (Lipinski definition) is 1. The Labute approximate surface area is 164 Å². The molecule has 0 aliphatic rings. The summed E-state index contributed by atoms with van der Waals surface area (Å²) in [6.45, 7) is 5.21. The normalized spacial score (nSPS) is 12.0. The van der Waals surface area contributed by atoms with Crippen LogP contribution < -0.4 is 5.32 Å². The number of rotatable bonds is 6. The van der Waals surface area contributed by atoms with E-state index in [1.54, 1.807) is 57.2 Å². The van der Waals surface area contributed by atoms with Crippen molar-refractivity contribution < 1.29 is 23.9 Å². The van der Waals surface area contributed by atoms with Crippen molar-refractivity contribution in [3.05, 3.63) is 71.3 Å². The molecule has 2 rings (SSSR count). The van der Waals surface area contributed by atoms with Crippen molar-refractivity contribution in [3.8, 4) is 0 Å². The molecule has 148 valence electrons. The predicted molar refractivity (Wildman–Crippen MR) is 105 cm³/mol. The van der Waals surface area contributed by atoms with Crippen LogP contribution in [0.5, 0.6) is 0 Å². The molecule has 0 saturated heterocycles. The van der Waals surface area contributed by atoms with Gasteiger partial charge < -0.3 is 14.8 Å². The van der Waals surface area contributed by atoms with E-state index in [1.165, 1.54) is 7.11 Å². The lowest BCUT2D eigenvalue weighted by Crippen LogP contribution is -2.45. The number of esters is 1. The van der Waals surface area contributed by atoms with E-state index < -0.39 is 23.7 Å². The number of benzene rings is 2. The summed E-state index contributed by atoms with van der Waals surface area (Å²) in [6.07, 6.45) is -0.482. The van der Waals surface area contributed by atoms with Gasteiger partial charge in [-0.3, -0.25) is 4.79 Å². The highest BCUT2D eigenvalue weighted by molar-refractivity contribution is 6.08. The summed E-state index contributed by atoms with van der Waals surface area (Å²) >= 11 is 0. The molecule has 1 amide bonds. The zero-order valence-corrected chi connectivity index (χ0v) is 16.5. The first-order valence-electron chi connectivity index (χ1n) is 8.95. The van der Waals surface area contributed by atoms with Gasteiger partial charge >= 0.3 is 12.1 Å². The summed E-state index contributed by atoms with van der Waals surface area (Å²) in [5.41, 5.74) is 1.25. The molecule has 0 spiro atoms. The molecular weight excluding hydrogens is 358 g/mol. The Kier molecular flexibility index (Phi) is 6.93. The van der Waals surface area contributed by atoms with E-state index >= 15 is 0 Å². The van der Waals surface area contributed by atoms with Gasteiger partial charge in [0.05, 0.1) is 7.11 Å². The molecule has 0 bridgehead atoms. The highest BCUT2D eigenvalue weighted by Crippen LogP contribution is 2.13. The molecule has 0 radical (unpaired) electrons. The van der Waals surface area contributed by atoms with Crippen LogP contribution in [-0.4, -0.2) is 36.6 Å². The number of amides is 1. The summed E-state index contributed by atoms with van der Waals surface area (Å²) in [4.78, 5) is 36.5. The van der Waals surface area contributed by atoms with Gasteiger partial charge in [0.1, 0.15) is 11.6 Å². The molecule has 2 aromatic carbocycles. The average Bonchev–Trinajstić information content (AvgIpc) is 2.66. The SMILES string of the molecule is COC(=O)[C@H](Cc1ccc(C(=O)c2ccccc2)cc1)NC(=O)OC(C)(C)C. The van der Waals surface area contributed by atoms with Crippen molar-refractivity contribution in [1.82, 2.24) is 5.32 Å². The molecule has 6 nitrogen and oxygen atoms in total. The standard InChI is InChI=1S/C22H25NO5/c1-22(2,3)28-21(26)23-18(20(25)27-4)14-15-10-12-17(13-11-15)19(24)16-8-6-5-7-9-16/h5-13,18H,14H2,1-4H3,(H,23,26)/t18-/m0/s1. The molecule has 0 aliphatic heterocycles. The molecule has 0 fully saturated rings. The molecule has 0 aromatic heterocycles. The first-order chi connectivity index (χ1) is 13.2. The van der Waals surface area contributed by atoms with Crippen molar-refractivity contribution >= 4 is 17.8 Å². The Balaban J connectivity index is 2.09. The molecule has 0 aliphatic carbocycles. The number of nitrogens with one attached hydrogen (secondary N) is 1. The van der Waals surface area contributed by atoms with Gasteiger partial charge in [-0.05, 0) is 26.3 Å². The average molecular weight is 383 g/mol. The Hall–Kier alpha value is -3.15. The quantitative estimate of drug-likeness (QED) is 0.610. The highest BCUT2D eigenvalue weighted by Gasteiger charge is 2.25. The fourth-order valence-corrected chi connectivity index (χ4v) is 2.57. The van der Waals surface area contributed by atoms with Crippen LogP contribution in [0.25, 0.3) is 0 Å². The number of alkyl carbamates (subject to hydrolysis) is 1. The van der Waals surface area contributed by atoms with Crippen LogP contribution in [-0.2, 0) is 20.7 Å². The van der Waals surface area contributed by atoms with Gasteiger partial charge in [0, 0.05) is 17.5 Å². The molecule has 1 N–H and O–H groups in total. The number of ether oxygens (including phenoxy) is 2. The van der Waals surface area contributed by atoms with Crippen LogP contribution in [0.3, 0.4) is 0 Å². The van der Waals surface area contributed by atoms with E-state index in [0.717, 1.165) is 5.56 Å². The Morgan fingerprint density at radius 1 is 0.929 bits per heavy atom. The first-order valence-corrected chi connectivity index (χ1v) is 8.95. The molecule has 0 unspecified atom stereocenters. The molecule has 0 saturated carbocycles. The lowest BCUT2D eigenvalue weighted by Gasteiger charge is -2.22. The fourth-order valence-electron chi connectivity index (χ4n) is 2.57. The molecule has 1 atom stereocenters. The highest BCUT2D eigenvalue weighted by atomic mass is 16.6. The Bertz CT molecular complexity index is 822. The molecular formula is C22H25NO5. The summed E-state index contributed by atoms with van der Waals surface area (Å²) in [7, 11) is 1.26. The minimum absolute atomic E-state index is 0.0800. The fraction of sp³-hybridized carbons (Fsp3) is 0.318. The van der Waals surface area contributed by atoms with Gasteiger partial charge in [0.2, 0.25) is 0 Å². The van der Waals surface area contributed by atoms with Gasteiger partial charge in [-0.1, -0.05) is 54.6 Å². The Morgan fingerprint density at radius 2 is 1.50 bits per heavy atom. The lowest BCUT2D eigenvalue weighted by molar-refractivity contribution is -0.143. The second kappa shape index (κ2) is 9.17.